The zero-order chi connectivity index (χ0) is 13.9. The van der Waals surface area contributed by atoms with Crippen molar-refractivity contribution in [2.45, 2.75) is 19.3 Å². The summed E-state index contributed by atoms with van der Waals surface area (Å²) in [4.78, 5) is 8.78. The lowest BCUT2D eigenvalue weighted by Gasteiger charge is -2.14. The monoisotopic (exact) mass is 270 g/mol. The second-order valence-corrected chi connectivity index (χ2v) is 4.84. The molecule has 0 spiro atoms. The number of nitrogen functional groups attached to an aromatic ring is 1. The number of ether oxygens (including phenoxy) is 1. The van der Waals surface area contributed by atoms with Gasteiger partial charge in [-0.25, -0.2) is 4.98 Å². The Balaban J connectivity index is 2.20. The fraction of sp³-hybridized carbons (Fsp3) is 0.333. The van der Waals surface area contributed by atoms with E-state index >= 15 is 0 Å². The predicted octanol–water partition coefficient (Wildman–Crippen LogP) is 2.48. The number of nitrogens with zero attached hydrogens (tertiary/aromatic N) is 2. The van der Waals surface area contributed by atoms with Gasteiger partial charge in [-0.15, -0.1) is 0 Å². The average molecular weight is 270 g/mol. The average Bonchev–Trinajstić information content (AvgIpc) is 2.71. The van der Waals surface area contributed by atoms with Gasteiger partial charge in [0.2, 0.25) is 5.95 Å². The van der Waals surface area contributed by atoms with E-state index in [9.17, 15) is 0 Å². The first kappa shape index (κ1) is 12.7. The van der Waals surface area contributed by atoms with Crippen molar-refractivity contribution in [2.75, 3.05) is 24.7 Å². The highest BCUT2D eigenvalue weighted by Crippen LogP contribution is 2.35. The number of anilines is 2. The van der Waals surface area contributed by atoms with Gasteiger partial charge in [-0.1, -0.05) is 12.1 Å². The smallest absolute Gasteiger partial charge is 0.222 e. The van der Waals surface area contributed by atoms with E-state index in [1.807, 2.05) is 24.3 Å². The van der Waals surface area contributed by atoms with Crippen LogP contribution in [-0.2, 0) is 6.42 Å². The molecule has 5 heteroatoms. The first-order valence-corrected chi connectivity index (χ1v) is 6.83. The molecule has 0 amide bonds. The van der Waals surface area contributed by atoms with E-state index in [4.69, 9.17) is 10.5 Å². The summed E-state index contributed by atoms with van der Waals surface area (Å²) < 4.78 is 5.44. The Bertz CT molecular complexity index is 627. The fourth-order valence-corrected chi connectivity index (χ4v) is 2.58. The van der Waals surface area contributed by atoms with E-state index < -0.39 is 0 Å². The number of fused-ring (bicyclic) bond motifs is 1. The molecule has 0 fully saturated rings. The molecule has 1 aromatic heterocycles. The highest BCUT2D eigenvalue weighted by molar-refractivity contribution is 5.74. The SMILES string of the molecule is COc1ccccc1-c1nc(N)nc2c1CCCCN2. The van der Waals surface area contributed by atoms with Crippen LogP contribution in [0.2, 0.25) is 0 Å². The molecule has 1 aromatic carbocycles. The minimum absolute atomic E-state index is 0.291. The van der Waals surface area contributed by atoms with Crippen LogP contribution in [0.4, 0.5) is 11.8 Å². The Morgan fingerprint density at radius 2 is 2.05 bits per heavy atom. The number of benzene rings is 1. The maximum absolute atomic E-state index is 5.86. The summed E-state index contributed by atoms with van der Waals surface area (Å²) in [6, 6.07) is 7.87. The molecular weight excluding hydrogens is 252 g/mol. The molecule has 2 aromatic rings. The van der Waals surface area contributed by atoms with Gasteiger partial charge >= 0.3 is 0 Å². The normalized spacial score (nSPS) is 14.1. The van der Waals surface area contributed by atoms with Crippen molar-refractivity contribution in [3.63, 3.8) is 0 Å². The molecule has 0 atom stereocenters. The Hall–Kier alpha value is -2.30. The van der Waals surface area contributed by atoms with Crippen molar-refractivity contribution in [3.05, 3.63) is 29.8 Å². The standard InChI is InChI=1S/C15H18N4O/c1-20-12-8-3-2-6-10(12)13-11-7-4-5-9-17-14(11)19-15(16)18-13/h2-3,6,8H,4-5,7,9H2,1H3,(H3,16,17,18,19). The molecular formula is C15H18N4O. The van der Waals surface area contributed by atoms with Crippen LogP contribution < -0.4 is 15.8 Å². The molecule has 1 aliphatic rings. The molecule has 0 radical (unpaired) electrons. The van der Waals surface area contributed by atoms with Gasteiger partial charge in [0, 0.05) is 17.7 Å². The minimum atomic E-state index is 0.291. The number of hydrogen-bond acceptors (Lipinski definition) is 5. The summed E-state index contributed by atoms with van der Waals surface area (Å²) in [7, 11) is 1.67. The number of methoxy groups -OCH3 is 1. The molecule has 0 unspecified atom stereocenters. The zero-order valence-electron chi connectivity index (χ0n) is 11.5. The first-order valence-electron chi connectivity index (χ1n) is 6.83. The molecule has 0 saturated heterocycles. The Labute approximate surface area is 118 Å². The maximum Gasteiger partial charge on any atom is 0.222 e. The molecule has 0 saturated carbocycles. The van der Waals surface area contributed by atoms with Crippen LogP contribution >= 0.6 is 0 Å². The van der Waals surface area contributed by atoms with Crippen molar-refractivity contribution < 1.29 is 4.74 Å². The zero-order valence-corrected chi connectivity index (χ0v) is 11.5. The van der Waals surface area contributed by atoms with Gasteiger partial charge in [0.15, 0.2) is 0 Å². The molecule has 0 bridgehead atoms. The predicted molar refractivity (Wildman–Crippen MR) is 79.9 cm³/mol. The molecule has 3 rings (SSSR count). The lowest BCUT2D eigenvalue weighted by Crippen LogP contribution is -2.08. The third-order valence-corrected chi connectivity index (χ3v) is 3.53. The molecule has 20 heavy (non-hydrogen) atoms. The summed E-state index contributed by atoms with van der Waals surface area (Å²) in [5, 5.41) is 3.34. The third-order valence-electron chi connectivity index (χ3n) is 3.53. The summed E-state index contributed by atoms with van der Waals surface area (Å²) in [5.41, 5.74) is 8.82. The number of rotatable bonds is 2. The minimum Gasteiger partial charge on any atom is -0.496 e. The van der Waals surface area contributed by atoms with Crippen molar-refractivity contribution in [3.8, 4) is 17.0 Å². The van der Waals surface area contributed by atoms with E-state index in [0.29, 0.717) is 5.95 Å². The van der Waals surface area contributed by atoms with Gasteiger partial charge in [-0.05, 0) is 31.4 Å². The Morgan fingerprint density at radius 3 is 2.90 bits per heavy atom. The summed E-state index contributed by atoms with van der Waals surface area (Å²) in [5.74, 6) is 1.95. The third kappa shape index (κ3) is 2.27. The Kier molecular flexibility index (Phi) is 3.41. The van der Waals surface area contributed by atoms with Gasteiger partial charge in [-0.2, -0.15) is 4.98 Å². The van der Waals surface area contributed by atoms with Crippen molar-refractivity contribution in [1.82, 2.24) is 9.97 Å². The van der Waals surface area contributed by atoms with E-state index in [0.717, 1.165) is 54.2 Å². The summed E-state index contributed by atoms with van der Waals surface area (Å²) in [6.45, 7) is 0.925. The van der Waals surface area contributed by atoms with Gasteiger partial charge in [-0.3, -0.25) is 0 Å². The number of aromatic nitrogens is 2. The summed E-state index contributed by atoms with van der Waals surface area (Å²) in [6.07, 6.45) is 3.20. The van der Waals surface area contributed by atoms with Crippen LogP contribution in [0.15, 0.2) is 24.3 Å². The largest absolute Gasteiger partial charge is 0.496 e. The van der Waals surface area contributed by atoms with Crippen LogP contribution in [0.3, 0.4) is 0 Å². The van der Waals surface area contributed by atoms with E-state index in [2.05, 4.69) is 15.3 Å². The molecule has 104 valence electrons. The molecule has 2 heterocycles. The van der Waals surface area contributed by atoms with Crippen molar-refractivity contribution >= 4 is 11.8 Å². The van der Waals surface area contributed by atoms with Gasteiger partial charge in [0.1, 0.15) is 11.6 Å². The van der Waals surface area contributed by atoms with E-state index in [1.54, 1.807) is 7.11 Å². The first-order chi connectivity index (χ1) is 9.79. The van der Waals surface area contributed by atoms with Crippen LogP contribution in [-0.4, -0.2) is 23.6 Å². The second kappa shape index (κ2) is 5.36. The van der Waals surface area contributed by atoms with Crippen LogP contribution in [0, 0.1) is 0 Å². The number of nitrogens with two attached hydrogens (primary N) is 1. The van der Waals surface area contributed by atoms with Crippen molar-refractivity contribution in [1.29, 1.82) is 0 Å². The number of hydrogen-bond donors (Lipinski definition) is 2. The fourth-order valence-electron chi connectivity index (χ4n) is 2.58. The quantitative estimate of drug-likeness (QED) is 0.877. The van der Waals surface area contributed by atoms with Crippen LogP contribution in [0.1, 0.15) is 18.4 Å². The molecule has 3 N–H and O–H groups in total. The van der Waals surface area contributed by atoms with Gasteiger partial charge in [0.25, 0.3) is 0 Å². The highest BCUT2D eigenvalue weighted by Gasteiger charge is 2.19. The Morgan fingerprint density at radius 1 is 1.20 bits per heavy atom. The van der Waals surface area contributed by atoms with Gasteiger partial charge < -0.3 is 15.8 Å². The molecule has 0 aliphatic carbocycles. The van der Waals surface area contributed by atoms with Crippen LogP contribution in [0.5, 0.6) is 5.75 Å². The topological polar surface area (TPSA) is 73.1 Å². The summed E-state index contributed by atoms with van der Waals surface area (Å²) >= 11 is 0. The lowest BCUT2D eigenvalue weighted by atomic mass is 10.0. The highest BCUT2D eigenvalue weighted by atomic mass is 16.5. The molecule has 5 nitrogen and oxygen atoms in total. The number of para-hydroxylation sites is 1. The van der Waals surface area contributed by atoms with E-state index in [-0.39, 0.29) is 0 Å². The van der Waals surface area contributed by atoms with E-state index in [1.165, 1.54) is 0 Å². The van der Waals surface area contributed by atoms with Crippen molar-refractivity contribution in [2.24, 2.45) is 0 Å². The second-order valence-electron chi connectivity index (χ2n) is 4.84. The lowest BCUT2D eigenvalue weighted by molar-refractivity contribution is 0.416. The van der Waals surface area contributed by atoms with Crippen LogP contribution in [0.25, 0.3) is 11.3 Å². The van der Waals surface area contributed by atoms with Gasteiger partial charge in [0.05, 0.1) is 12.8 Å². The maximum atomic E-state index is 5.86. The molecule has 1 aliphatic heterocycles. The number of nitrogens with one attached hydrogen (secondary N) is 1.